The molecule has 2 heterocycles. The van der Waals surface area contributed by atoms with Crippen LogP contribution in [0.25, 0.3) is 0 Å². The molecule has 0 radical (unpaired) electrons. The Bertz CT molecular complexity index is 1040. The smallest absolute Gasteiger partial charge is 0.338 e. The number of carbonyl (C=O) groups excluding carboxylic acids is 2. The molecule has 1 aliphatic rings. The summed E-state index contributed by atoms with van der Waals surface area (Å²) in [6, 6.07) is 6.78. The molecule has 1 aromatic carbocycles. The van der Waals surface area contributed by atoms with E-state index in [1.54, 1.807) is 6.07 Å². The lowest BCUT2D eigenvalue weighted by atomic mass is 10.2. The predicted molar refractivity (Wildman–Crippen MR) is 109 cm³/mol. The van der Waals surface area contributed by atoms with Crippen LogP contribution in [0.3, 0.4) is 0 Å². The number of benzene rings is 1. The Balaban J connectivity index is 1.67. The predicted octanol–water partition coefficient (Wildman–Crippen LogP) is 2.20. The van der Waals surface area contributed by atoms with E-state index in [9.17, 15) is 18.0 Å². The SMILES string of the molecule is O=C(COC(=O)c1ccc(Cl)c(S(=O)(=O)N2CCOCC2)c1)Nc1ccc(Cl)cn1. The van der Waals surface area contributed by atoms with Crippen molar-refractivity contribution in [1.29, 1.82) is 0 Å². The second-order valence-corrected chi connectivity index (χ2v) is 8.90. The molecule has 0 unspecified atom stereocenters. The fourth-order valence-corrected chi connectivity index (χ4v) is 4.62. The van der Waals surface area contributed by atoms with E-state index in [0.717, 1.165) is 6.07 Å². The lowest BCUT2D eigenvalue weighted by Gasteiger charge is -2.26. The maximum Gasteiger partial charge on any atom is 0.338 e. The average molecular weight is 474 g/mol. The van der Waals surface area contributed by atoms with Gasteiger partial charge in [-0.2, -0.15) is 4.31 Å². The Morgan fingerprint density at radius 1 is 1.17 bits per heavy atom. The number of nitrogens with one attached hydrogen (secondary N) is 1. The highest BCUT2D eigenvalue weighted by atomic mass is 35.5. The van der Waals surface area contributed by atoms with Gasteiger partial charge in [0.15, 0.2) is 6.61 Å². The van der Waals surface area contributed by atoms with Gasteiger partial charge in [-0.1, -0.05) is 23.2 Å². The molecular formula is C18H17Cl2N3O6S. The molecule has 12 heteroatoms. The third-order valence-corrected chi connectivity index (χ3v) is 6.69. The molecule has 1 N–H and O–H groups in total. The molecule has 9 nitrogen and oxygen atoms in total. The summed E-state index contributed by atoms with van der Waals surface area (Å²) >= 11 is 11.8. The van der Waals surface area contributed by atoms with E-state index in [-0.39, 0.29) is 47.6 Å². The molecule has 0 aliphatic carbocycles. The normalized spacial score (nSPS) is 14.9. The summed E-state index contributed by atoms with van der Waals surface area (Å²) in [6.45, 7) is 0.335. The van der Waals surface area contributed by atoms with Crippen molar-refractivity contribution in [1.82, 2.24) is 9.29 Å². The number of pyridine rings is 1. The minimum Gasteiger partial charge on any atom is -0.452 e. The van der Waals surface area contributed by atoms with Crippen molar-refractivity contribution in [3.05, 3.63) is 52.1 Å². The number of carbonyl (C=O) groups is 2. The van der Waals surface area contributed by atoms with Crippen LogP contribution in [0.4, 0.5) is 5.82 Å². The van der Waals surface area contributed by atoms with Crippen LogP contribution < -0.4 is 5.32 Å². The van der Waals surface area contributed by atoms with Gasteiger partial charge in [-0.05, 0) is 30.3 Å². The molecule has 30 heavy (non-hydrogen) atoms. The number of hydrogen-bond acceptors (Lipinski definition) is 7. The summed E-state index contributed by atoms with van der Waals surface area (Å²) in [5, 5.41) is 2.83. The highest BCUT2D eigenvalue weighted by molar-refractivity contribution is 7.89. The summed E-state index contributed by atoms with van der Waals surface area (Å²) in [4.78, 5) is 27.9. The van der Waals surface area contributed by atoms with Crippen LogP contribution in [-0.4, -0.2) is 62.5 Å². The minimum atomic E-state index is -3.91. The molecule has 0 atom stereocenters. The van der Waals surface area contributed by atoms with Crippen LogP contribution in [0.2, 0.25) is 10.0 Å². The largest absolute Gasteiger partial charge is 0.452 e. The first kappa shape index (κ1) is 22.4. The molecule has 1 aliphatic heterocycles. The fraction of sp³-hybridized carbons (Fsp3) is 0.278. The maximum absolute atomic E-state index is 12.8. The number of ether oxygens (including phenoxy) is 2. The van der Waals surface area contributed by atoms with Crippen molar-refractivity contribution >= 4 is 50.9 Å². The first-order valence-corrected chi connectivity index (χ1v) is 10.9. The topological polar surface area (TPSA) is 115 Å². The lowest BCUT2D eigenvalue weighted by Crippen LogP contribution is -2.40. The summed E-state index contributed by atoms with van der Waals surface area (Å²) in [5.74, 6) is -1.25. The van der Waals surface area contributed by atoms with E-state index < -0.39 is 28.5 Å². The third kappa shape index (κ3) is 5.46. The Hall–Kier alpha value is -2.24. The van der Waals surface area contributed by atoms with Gasteiger partial charge < -0.3 is 14.8 Å². The van der Waals surface area contributed by atoms with Gasteiger partial charge >= 0.3 is 5.97 Å². The minimum absolute atomic E-state index is 0.0235. The maximum atomic E-state index is 12.8. The molecule has 1 fully saturated rings. The second-order valence-electron chi connectivity index (χ2n) is 6.15. The number of halogens is 2. The van der Waals surface area contributed by atoms with Crippen molar-refractivity contribution in [3.63, 3.8) is 0 Å². The quantitative estimate of drug-likeness (QED) is 0.639. The van der Waals surface area contributed by atoms with E-state index in [1.807, 2.05) is 0 Å². The zero-order valence-corrected chi connectivity index (χ0v) is 17.8. The standard InChI is InChI=1S/C18H17Cl2N3O6S/c19-13-2-4-16(21-10-13)22-17(24)11-29-18(25)12-1-3-14(20)15(9-12)30(26,27)23-5-7-28-8-6-23/h1-4,9-10H,5-8,11H2,(H,21,22,24). The lowest BCUT2D eigenvalue weighted by molar-refractivity contribution is -0.119. The Morgan fingerprint density at radius 2 is 1.90 bits per heavy atom. The van der Waals surface area contributed by atoms with Gasteiger partial charge in [0.05, 0.1) is 28.8 Å². The first-order valence-electron chi connectivity index (χ1n) is 8.73. The molecule has 3 rings (SSSR count). The van der Waals surface area contributed by atoms with Gasteiger partial charge in [-0.15, -0.1) is 0 Å². The van der Waals surface area contributed by atoms with Crippen LogP contribution in [0, 0.1) is 0 Å². The van der Waals surface area contributed by atoms with E-state index >= 15 is 0 Å². The van der Waals surface area contributed by atoms with Crippen molar-refractivity contribution < 1.29 is 27.5 Å². The number of anilines is 1. The summed E-state index contributed by atoms with van der Waals surface area (Å²) in [5.41, 5.74) is -0.0522. The van der Waals surface area contributed by atoms with Gasteiger partial charge in [-0.25, -0.2) is 18.2 Å². The summed E-state index contributed by atoms with van der Waals surface area (Å²) in [6.07, 6.45) is 1.35. The highest BCUT2D eigenvalue weighted by Crippen LogP contribution is 2.26. The van der Waals surface area contributed by atoms with E-state index in [4.69, 9.17) is 32.7 Å². The van der Waals surface area contributed by atoms with Crippen molar-refractivity contribution in [3.8, 4) is 0 Å². The van der Waals surface area contributed by atoms with Crippen LogP contribution in [-0.2, 0) is 24.3 Å². The number of hydrogen-bond donors (Lipinski definition) is 1. The fourth-order valence-electron chi connectivity index (χ4n) is 2.60. The number of nitrogens with zero attached hydrogens (tertiary/aromatic N) is 2. The van der Waals surface area contributed by atoms with Crippen molar-refractivity contribution in [2.75, 3.05) is 38.2 Å². The molecule has 160 valence electrons. The van der Waals surface area contributed by atoms with Crippen LogP contribution in [0.1, 0.15) is 10.4 Å². The molecule has 1 saturated heterocycles. The van der Waals surface area contributed by atoms with E-state index in [1.165, 1.54) is 28.7 Å². The number of sulfonamides is 1. The molecular weight excluding hydrogens is 457 g/mol. The van der Waals surface area contributed by atoms with Crippen molar-refractivity contribution in [2.24, 2.45) is 0 Å². The van der Waals surface area contributed by atoms with Gasteiger partial charge in [0.1, 0.15) is 10.7 Å². The zero-order chi connectivity index (χ0) is 21.7. The first-order chi connectivity index (χ1) is 14.3. The van der Waals surface area contributed by atoms with E-state index in [0.29, 0.717) is 5.02 Å². The third-order valence-electron chi connectivity index (χ3n) is 4.08. The molecule has 1 amide bonds. The molecule has 2 aromatic rings. The van der Waals surface area contributed by atoms with Gasteiger partial charge in [0.25, 0.3) is 5.91 Å². The molecule has 0 bridgehead atoms. The van der Waals surface area contributed by atoms with E-state index in [2.05, 4.69) is 10.3 Å². The number of morpholine rings is 1. The number of esters is 1. The Labute approximate surface area is 182 Å². The monoisotopic (exact) mass is 473 g/mol. The Kier molecular flexibility index (Phi) is 7.27. The Morgan fingerprint density at radius 3 is 2.57 bits per heavy atom. The zero-order valence-electron chi connectivity index (χ0n) is 15.5. The molecule has 0 saturated carbocycles. The number of amides is 1. The summed E-state index contributed by atoms with van der Waals surface area (Å²) < 4.78 is 37.0. The van der Waals surface area contributed by atoms with Gasteiger partial charge in [-0.3, -0.25) is 4.79 Å². The number of aromatic nitrogens is 1. The summed E-state index contributed by atoms with van der Waals surface area (Å²) in [7, 11) is -3.91. The second kappa shape index (κ2) is 9.71. The van der Waals surface area contributed by atoms with Crippen LogP contribution in [0.15, 0.2) is 41.4 Å². The van der Waals surface area contributed by atoms with Crippen LogP contribution >= 0.6 is 23.2 Å². The number of rotatable bonds is 6. The molecule has 1 aromatic heterocycles. The van der Waals surface area contributed by atoms with Gasteiger partial charge in [0, 0.05) is 19.3 Å². The van der Waals surface area contributed by atoms with Crippen molar-refractivity contribution in [2.45, 2.75) is 4.90 Å². The highest BCUT2D eigenvalue weighted by Gasteiger charge is 2.29. The van der Waals surface area contributed by atoms with Crippen LogP contribution in [0.5, 0.6) is 0 Å². The average Bonchev–Trinajstić information content (AvgIpc) is 2.74. The molecule has 0 spiro atoms. The van der Waals surface area contributed by atoms with Gasteiger partial charge in [0.2, 0.25) is 10.0 Å².